The molecular formula is C13H22N4. The van der Waals surface area contributed by atoms with Crippen molar-refractivity contribution >= 4 is 0 Å². The number of aryl methyl sites for hydroxylation is 1. The standard InChI is InChI=1S/C13H22N4/c1-10-4-6-17(13(7-10)8-14)9-12-3-5-15-11(2)16-12/h3,5,10,13H,4,6-9,14H2,1-2H3. The highest BCUT2D eigenvalue weighted by molar-refractivity contribution is 5.02. The molecule has 2 rings (SSSR count). The summed E-state index contributed by atoms with van der Waals surface area (Å²) < 4.78 is 0. The lowest BCUT2D eigenvalue weighted by Gasteiger charge is -2.37. The number of nitrogens with zero attached hydrogens (tertiary/aromatic N) is 3. The maximum atomic E-state index is 5.86. The molecule has 4 nitrogen and oxygen atoms in total. The van der Waals surface area contributed by atoms with Crippen molar-refractivity contribution in [1.82, 2.24) is 14.9 Å². The van der Waals surface area contributed by atoms with Crippen LogP contribution in [0.4, 0.5) is 0 Å². The third kappa shape index (κ3) is 3.23. The SMILES string of the molecule is Cc1nccc(CN2CCC(C)CC2CN)n1. The minimum Gasteiger partial charge on any atom is -0.329 e. The van der Waals surface area contributed by atoms with Crippen LogP contribution in [0.25, 0.3) is 0 Å². The lowest BCUT2D eigenvalue weighted by Crippen LogP contribution is -2.45. The van der Waals surface area contributed by atoms with Gasteiger partial charge in [-0.1, -0.05) is 6.92 Å². The molecule has 17 heavy (non-hydrogen) atoms. The topological polar surface area (TPSA) is 55.0 Å². The highest BCUT2D eigenvalue weighted by atomic mass is 15.2. The van der Waals surface area contributed by atoms with Crippen molar-refractivity contribution in [2.75, 3.05) is 13.1 Å². The summed E-state index contributed by atoms with van der Waals surface area (Å²) in [7, 11) is 0. The first-order valence-electron chi connectivity index (χ1n) is 6.41. The Hall–Kier alpha value is -1.00. The van der Waals surface area contributed by atoms with E-state index in [2.05, 4.69) is 21.8 Å². The summed E-state index contributed by atoms with van der Waals surface area (Å²) in [4.78, 5) is 11.1. The highest BCUT2D eigenvalue weighted by Crippen LogP contribution is 2.23. The van der Waals surface area contributed by atoms with Gasteiger partial charge in [-0.15, -0.1) is 0 Å². The van der Waals surface area contributed by atoms with Crippen LogP contribution >= 0.6 is 0 Å². The minimum atomic E-state index is 0.508. The Balaban J connectivity index is 2.02. The second-order valence-corrected chi connectivity index (χ2v) is 5.08. The lowest BCUT2D eigenvalue weighted by molar-refractivity contribution is 0.114. The van der Waals surface area contributed by atoms with Gasteiger partial charge in [-0.25, -0.2) is 9.97 Å². The second-order valence-electron chi connectivity index (χ2n) is 5.08. The van der Waals surface area contributed by atoms with Crippen molar-refractivity contribution in [2.24, 2.45) is 11.7 Å². The fraction of sp³-hybridized carbons (Fsp3) is 0.692. The van der Waals surface area contributed by atoms with Crippen molar-refractivity contribution < 1.29 is 0 Å². The van der Waals surface area contributed by atoms with E-state index in [-0.39, 0.29) is 0 Å². The monoisotopic (exact) mass is 234 g/mol. The molecule has 1 aromatic rings. The fourth-order valence-electron chi connectivity index (χ4n) is 2.55. The molecular weight excluding hydrogens is 212 g/mol. The van der Waals surface area contributed by atoms with Crippen molar-refractivity contribution in [1.29, 1.82) is 0 Å². The molecule has 1 saturated heterocycles. The Morgan fingerprint density at radius 2 is 2.35 bits per heavy atom. The Labute approximate surface area is 103 Å². The molecule has 1 aliphatic heterocycles. The van der Waals surface area contributed by atoms with Gasteiger partial charge < -0.3 is 5.73 Å². The van der Waals surface area contributed by atoms with Crippen molar-refractivity contribution in [3.05, 3.63) is 23.8 Å². The molecule has 2 unspecified atom stereocenters. The molecule has 0 aliphatic carbocycles. The highest BCUT2D eigenvalue weighted by Gasteiger charge is 2.25. The van der Waals surface area contributed by atoms with Gasteiger partial charge in [-0.3, -0.25) is 4.90 Å². The van der Waals surface area contributed by atoms with Gasteiger partial charge >= 0.3 is 0 Å². The summed E-state index contributed by atoms with van der Waals surface area (Å²) in [6, 6.07) is 2.51. The van der Waals surface area contributed by atoms with Gasteiger partial charge in [0.25, 0.3) is 0 Å². The maximum Gasteiger partial charge on any atom is 0.125 e. The average molecular weight is 234 g/mol. The molecule has 94 valence electrons. The summed E-state index contributed by atoms with van der Waals surface area (Å²) in [6.07, 6.45) is 4.31. The smallest absolute Gasteiger partial charge is 0.125 e. The lowest BCUT2D eigenvalue weighted by atomic mass is 9.92. The second kappa shape index (κ2) is 5.56. The number of aromatic nitrogens is 2. The van der Waals surface area contributed by atoms with Gasteiger partial charge in [0.2, 0.25) is 0 Å². The van der Waals surface area contributed by atoms with Crippen LogP contribution in [0.1, 0.15) is 31.3 Å². The van der Waals surface area contributed by atoms with Crippen LogP contribution in [0, 0.1) is 12.8 Å². The van der Waals surface area contributed by atoms with E-state index < -0.39 is 0 Å². The predicted octanol–water partition coefficient (Wildman–Crippen LogP) is 1.34. The van der Waals surface area contributed by atoms with E-state index >= 15 is 0 Å². The van der Waals surface area contributed by atoms with Crippen LogP contribution in [0.5, 0.6) is 0 Å². The number of nitrogens with two attached hydrogens (primary N) is 1. The number of rotatable bonds is 3. The van der Waals surface area contributed by atoms with E-state index in [0.29, 0.717) is 6.04 Å². The summed E-state index contributed by atoms with van der Waals surface area (Å²) >= 11 is 0. The summed E-state index contributed by atoms with van der Waals surface area (Å²) in [5.74, 6) is 1.64. The fourth-order valence-corrected chi connectivity index (χ4v) is 2.55. The quantitative estimate of drug-likeness (QED) is 0.857. The first-order chi connectivity index (χ1) is 8.19. The Bertz CT molecular complexity index is 366. The molecule has 0 bridgehead atoms. The van der Waals surface area contributed by atoms with Gasteiger partial charge in [-0.2, -0.15) is 0 Å². The van der Waals surface area contributed by atoms with Crippen molar-refractivity contribution in [3.63, 3.8) is 0 Å². The number of piperidine rings is 1. The Kier molecular flexibility index (Phi) is 4.07. The molecule has 4 heteroatoms. The number of hydrogen-bond acceptors (Lipinski definition) is 4. The summed E-state index contributed by atoms with van der Waals surface area (Å²) in [5.41, 5.74) is 6.97. The molecule has 0 saturated carbocycles. The number of hydrogen-bond donors (Lipinski definition) is 1. The largest absolute Gasteiger partial charge is 0.329 e. The molecule has 0 radical (unpaired) electrons. The van der Waals surface area contributed by atoms with Gasteiger partial charge in [0.05, 0.1) is 5.69 Å². The molecule has 0 aromatic carbocycles. The van der Waals surface area contributed by atoms with E-state index in [1.54, 1.807) is 0 Å². The predicted molar refractivity (Wildman–Crippen MR) is 68.4 cm³/mol. The van der Waals surface area contributed by atoms with E-state index in [1.807, 2.05) is 19.2 Å². The van der Waals surface area contributed by atoms with Gasteiger partial charge in [-0.05, 0) is 38.3 Å². The summed E-state index contributed by atoms with van der Waals surface area (Å²) in [5, 5.41) is 0. The van der Waals surface area contributed by atoms with Gasteiger partial charge in [0.1, 0.15) is 5.82 Å². The van der Waals surface area contributed by atoms with Crippen LogP contribution in [-0.4, -0.2) is 34.0 Å². The van der Waals surface area contributed by atoms with E-state index in [1.165, 1.54) is 12.8 Å². The summed E-state index contributed by atoms with van der Waals surface area (Å²) in [6.45, 7) is 7.02. The third-order valence-corrected chi connectivity index (χ3v) is 3.57. The first kappa shape index (κ1) is 12.5. The van der Waals surface area contributed by atoms with Gasteiger partial charge in [0, 0.05) is 25.3 Å². The zero-order valence-corrected chi connectivity index (χ0v) is 10.8. The molecule has 2 heterocycles. The van der Waals surface area contributed by atoms with Crippen LogP contribution in [0.2, 0.25) is 0 Å². The molecule has 1 aliphatic rings. The van der Waals surface area contributed by atoms with E-state index in [9.17, 15) is 0 Å². The van der Waals surface area contributed by atoms with Crippen LogP contribution in [-0.2, 0) is 6.54 Å². The normalized spacial score (nSPS) is 26.1. The average Bonchev–Trinajstić information content (AvgIpc) is 2.31. The Morgan fingerprint density at radius 3 is 3.06 bits per heavy atom. The zero-order chi connectivity index (χ0) is 12.3. The molecule has 1 aromatic heterocycles. The third-order valence-electron chi connectivity index (χ3n) is 3.57. The van der Waals surface area contributed by atoms with Crippen molar-refractivity contribution in [2.45, 2.75) is 39.3 Å². The zero-order valence-electron chi connectivity index (χ0n) is 10.8. The van der Waals surface area contributed by atoms with Crippen LogP contribution in [0.15, 0.2) is 12.3 Å². The van der Waals surface area contributed by atoms with E-state index in [0.717, 1.165) is 37.1 Å². The molecule has 1 fully saturated rings. The molecule has 0 amide bonds. The first-order valence-corrected chi connectivity index (χ1v) is 6.41. The number of likely N-dealkylation sites (tertiary alicyclic amines) is 1. The molecule has 2 N–H and O–H groups in total. The Morgan fingerprint density at radius 1 is 1.53 bits per heavy atom. The van der Waals surface area contributed by atoms with E-state index in [4.69, 9.17) is 5.73 Å². The maximum absolute atomic E-state index is 5.86. The van der Waals surface area contributed by atoms with Gasteiger partial charge in [0.15, 0.2) is 0 Å². The van der Waals surface area contributed by atoms with Crippen LogP contribution in [0.3, 0.4) is 0 Å². The van der Waals surface area contributed by atoms with Crippen molar-refractivity contribution in [3.8, 4) is 0 Å². The van der Waals surface area contributed by atoms with Crippen LogP contribution < -0.4 is 5.73 Å². The molecule has 2 atom stereocenters. The minimum absolute atomic E-state index is 0.508. The molecule has 0 spiro atoms.